The van der Waals surface area contributed by atoms with Crippen molar-refractivity contribution in [2.24, 2.45) is 17.2 Å². The van der Waals surface area contributed by atoms with Crippen LogP contribution < -0.4 is 28.0 Å². The van der Waals surface area contributed by atoms with E-state index in [0.717, 1.165) is 17.7 Å². The van der Waals surface area contributed by atoms with E-state index < -0.39 is 42.5 Å². The SMILES string of the molecule is CC1(C)OB(O)c2cc(CC(=O)[C@@H](Cc3ccc(C(F)(F)F)cc3)NC(=O)[C@@H](N)CCCN(CCN)CCN)ccc21. The minimum atomic E-state index is -4.49. The molecule has 9 nitrogen and oxygen atoms in total. The Balaban J connectivity index is 1.73. The second-order valence-electron chi connectivity index (χ2n) is 11.2. The van der Waals surface area contributed by atoms with Gasteiger partial charge in [0.2, 0.25) is 5.91 Å². The Morgan fingerprint density at radius 1 is 1.05 bits per heavy atom. The summed E-state index contributed by atoms with van der Waals surface area (Å²) >= 11 is 0. The fourth-order valence-electron chi connectivity index (χ4n) is 5.16. The van der Waals surface area contributed by atoms with Gasteiger partial charge in [0.25, 0.3) is 0 Å². The largest absolute Gasteiger partial charge is 0.492 e. The minimum absolute atomic E-state index is 0.0140. The van der Waals surface area contributed by atoms with E-state index in [0.29, 0.717) is 62.2 Å². The van der Waals surface area contributed by atoms with Crippen molar-refractivity contribution in [2.75, 3.05) is 32.7 Å². The summed E-state index contributed by atoms with van der Waals surface area (Å²) in [6.45, 7) is 6.63. The van der Waals surface area contributed by atoms with Gasteiger partial charge in [-0.2, -0.15) is 13.2 Å². The molecule has 0 aromatic heterocycles. The third kappa shape index (κ3) is 9.10. The number of nitrogens with one attached hydrogen (secondary N) is 1. The van der Waals surface area contributed by atoms with E-state index in [1.54, 1.807) is 18.2 Å². The van der Waals surface area contributed by atoms with Gasteiger partial charge in [0.15, 0.2) is 5.78 Å². The number of carbonyl (C=O) groups excluding carboxylic acids is 2. The number of carbonyl (C=O) groups is 2. The molecule has 0 aliphatic carbocycles. The van der Waals surface area contributed by atoms with E-state index in [-0.39, 0.29) is 18.6 Å². The number of halogens is 3. The number of fused-ring (bicyclic) bond motifs is 1. The number of nitrogens with zero attached hydrogens (tertiary/aromatic N) is 1. The summed E-state index contributed by atoms with van der Waals surface area (Å²) in [5.41, 5.74) is 18.4. The van der Waals surface area contributed by atoms with Gasteiger partial charge in [-0.1, -0.05) is 30.3 Å². The number of amides is 1. The third-order valence-electron chi connectivity index (χ3n) is 7.46. The van der Waals surface area contributed by atoms with E-state index in [9.17, 15) is 27.8 Å². The van der Waals surface area contributed by atoms with E-state index in [2.05, 4.69) is 10.2 Å². The first kappa shape index (κ1) is 33.7. The Bertz CT molecular complexity index is 1210. The van der Waals surface area contributed by atoms with Crippen molar-refractivity contribution in [1.82, 2.24) is 10.2 Å². The van der Waals surface area contributed by atoms with E-state index in [1.165, 1.54) is 12.1 Å². The number of alkyl halides is 3. The summed E-state index contributed by atoms with van der Waals surface area (Å²) < 4.78 is 44.8. The Hall–Kier alpha value is -2.81. The number of nitrogens with two attached hydrogens (primary N) is 3. The van der Waals surface area contributed by atoms with Gasteiger partial charge in [0.1, 0.15) is 0 Å². The number of rotatable bonds is 15. The van der Waals surface area contributed by atoms with E-state index >= 15 is 0 Å². The van der Waals surface area contributed by atoms with Crippen LogP contribution in [0.25, 0.3) is 0 Å². The maximum Gasteiger partial charge on any atom is 0.492 e. The first-order valence-electron chi connectivity index (χ1n) is 14.1. The number of ketones is 1. The predicted octanol–water partition coefficient (Wildman–Crippen LogP) is 0.824. The van der Waals surface area contributed by atoms with Crippen LogP contribution >= 0.6 is 0 Å². The summed E-state index contributed by atoms with van der Waals surface area (Å²) in [4.78, 5) is 28.6. The van der Waals surface area contributed by atoms with Crippen molar-refractivity contribution in [3.63, 3.8) is 0 Å². The molecule has 1 amide bonds. The molecule has 0 saturated carbocycles. The molecule has 42 heavy (non-hydrogen) atoms. The molecule has 0 saturated heterocycles. The van der Waals surface area contributed by atoms with Crippen LogP contribution in [0.5, 0.6) is 0 Å². The molecule has 1 heterocycles. The zero-order valence-electron chi connectivity index (χ0n) is 24.1. The third-order valence-corrected chi connectivity index (χ3v) is 7.46. The van der Waals surface area contributed by atoms with Crippen molar-refractivity contribution < 1.29 is 32.4 Å². The summed E-state index contributed by atoms with van der Waals surface area (Å²) in [6.07, 6.45) is -3.61. The second kappa shape index (κ2) is 14.6. The van der Waals surface area contributed by atoms with E-state index in [1.807, 2.05) is 13.8 Å². The van der Waals surface area contributed by atoms with Gasteiger partial charge in [0.05, 0.1) is 23.2 Å². The standard InChI is InChI=1S/C29H41BF3N5O4/c1-28(2)22-10-7-20(16-23(22)30(41)42-28)18-26(39)25(17-19-5-8-21(9-6-19)29(31,32)33)37-27(40)24(36)4-3-13-38(14-11-34)15-12-35/h5-10,16,24-25,41H,3-4,11-15,17-18,34-36H2,1-2H3,(H,37,40)/t24-,25+/m0/s1. The highest BCUT2D eigenvalue weighted by Gasteiger charge is 2.40. The molecule has 0 spiro atoms. The number of Topliss-reactive ketones (excluding diaryl/α,β-unsaturated/α-hetero) is 1. The molecule has 13 heteroatoms. The Morgan fingerprint density at radius 3 is 2.26 bits per heavy atom. The van der Waals surface area contributed by atoms with Crippen LogP contribution in [0.4, 0.5) is 13.2 Å². The average molecular weight is 591 g/mol. The number of hydrogen-bond donors (Lipinski definition) is 5. The highest BCUT2D eigenvalue weighted by Crippen LogP contribution is 2.31. The highest BCUT2D eigenvalue weighted by molar-refractivity contribution is 6.62. The zero-order chi connectivity index (χ0) is 31.1. The van der Waals surface area contributed by atoms with Crippen molar-refractivity contribution >= 4 is 24.3 Å². The summed E-state index contributed by atoms with van der Waals surface area (Å²) in [5, 5.41) is 13.1. The fraction of sp³-hybridized carbons (Fsp3) is 0.517. The van der Waals surface area contributed by atoms with E-state index in [4.69, 9.17) is 21.9 Å². The molecule has 0 bridgehead atoms. The van der Waals surface area contributed by atoms with Crippen LogP contribution in [0.2, 0.25) is 0 Å². The smallest absolute Gasteiger partial charge is 0.423 e. The molecule has 2 atom stereocenters. The quantitative estimate of drug-likeness (QED) is 0.191. The molecule has 2 aromatic rings. The lowest BCUT2D eigenvalue weighted by molar-refractivity contribution is -0.137. The van der Waals surface area contributed by atoms with Crippen LogP contribution in [0.3, 0.4) is 0 Å². The molecule has 0 fully saturated rings. The first-order valence-corrected chi connectivity index (χ1v) is 14.1. The average Bonchev–Trinajstić information content (AvgIpc) is 3.15. The molecule has 0 radical (unpaired) electrons. The zero-order valence-corrected chi connectivity index (χ0v) is 24.1. The van der Waals surface area contributed by atoms with Gasteiger partial charge in [-0.3, -0.25) is 9.59 Å². The van der Waals surface area contributed by atoms with Crippen LogP contribution in [0.15, 0.2) is 42.5 Å². The van der Waals surface area contributed by atoms with Crippen molar-refractivity contribution in [3.05, 3.63) is 64.7 Å². The second-order valence-corrected chi connectivity index (χ2v) is 11.2. The van der Waals surface area contributed by atoms with Crippen molar-refractivity contribution in [1.29, 1.82) is 0 Å². The molecule has 230 valence electrons. The predicted molar refractivity (Wildman–Crippen MR) is 156 cm³/mol. The summed E-state index contributed by atoms with van der Waals surface area (Å²) in [6, 6.07) is 7.82. The molecule has 1 aliphatic rings. The highest BCUT2D eigenvalue weighted by atomic mass is 19.4. The molecular formula is C29H41BF3N5O4. The lowest BCUT2D eigenvalue weighted by Gasteiger charge is -2.23. The summed E-state index contributed by atoms with van der Waals surface area (Å²) in [7, 11) is -1.13. The first-order chi connectivity index (χ1) is 19.7. The van der Waals surface area contributed by atoms with Gasteiger partial charge in [-0.25, -0.2) is 0 Å². The maximum absolute atomic E-state index is 13.5. The van der Waals surface area contributed by atoms with Gasteiger partial charge in [0, 0.05) is 32.6 Å². The fourth-order valence-corrected chi connectivity index (χ4v) is 5.16. The lowest BCUT2D eigenvalue weighted by atomic mass is 9.77. The molecule has 3 rings (SSSR count). The van der Waals surface area contributed by atoms with Gasteiger partial charge < -0.3 is 37.1 Å². The monoisotopic (exact) mass is 591 g/mol. The number of hydrogen-bond acceptors (Lipinski definition) is 8. The maximum atomic E-state index is 13.5. The summed E-state index contributed by atoms with van der Waals surface area (Å²) in [5.74, 6) is -0.871. The van der Waals surface area contributed by atoms with Crippen LogP contribution in [0, 0.1) is 0 Å². The molecular weight excluding hydrogens is 550 g/mol. The molecule has 1 aliphatic heterocycles. The lowest BCUT2D eigenvalue weighted by Crippen LogP contribution is -2.50. The molecule has 8 N–H and O–H groups in total. The normalized spacial score (nSPS) is 15.9. The number of benzene rings is 2. The molecule has 0 unspecified atom stereocenters. The van der Waals surface area contributed by atoms with Gasteiger partial charge in [-0.05, 0) is 73.9 Å². The molecule has 2 aromatic carbocycles. The van der Waals surface area contributed by atoms with Crippen LogP contribution in [0.1, 0.15) is 48.9 Å². The topological polar surface area (TPSA) is 157 Å². The van der Waals surface area contributed by atoms with Gasteiger partial charge in [-0.15, -0.1) is 0 Å². The van der Waals surface area contributed by atoms with Crippen molar-refractivity contribution in [2.45, 2.75) is 63.4 Å². The van der Waals surface area contributed by atoms with Crippen LogP contribution in [-0.2, 0) is 38.9 Å². The minimum Gasteiger partial charge on any atom is -0.423 e. The van der Waals surface area contributed by atoms with Crippen LogP contribution in [-0.4, -0.2) is 73.5 Å². The van der Waals surface area contributed by atoms with Gasteiger partial charge >= 0.3 is 13.3 Å². The Morgan fingerprint density at radius 2 is 1.67 bits per heavy atom. The Labute approximate surface area is 245 Å². The van der Waals surface area contributed by atoms with Crippen molar-refractivity contribution in [3.8, 4) is 0 Å². The Kier molecular flexibility index (Phi) is 11.7.